The van der Waals surface area contributed by atoms with Gasteiger partial charge < -0.3 is 5.32 Å². The third kappa shape index (κ3) is 2.66. The zero-order valence-corrected chi connectivity index (χ0v) is 10.9. The highest BCUT2D eigenvalue weighted by molar-refractivity contribution is 6.29. The summed E-state index contributed by atoms with van der Waals surface area (Å²) in [4.78, 5) is 8.10. The Hall–Kier alpha value is -2.13. The first-order valence-electron chi connectivity index (χ1n) is 6.00. The van der Waals surface area contributed by atoms with Gasteiger partial charge in [-0.1, -0.05) is 29.8 Å². The van der Waals surface area contributed by atoms with Crippen LogP contribution in [0.5, 0.6) is 0 Å². The van der Waals surface area contributed by atoms with E-state index in [2.05, 4.69) is 27.4 Å². The number of fused-ring (bicyclic) bond motifs is 1. The molecular weight excluding hydrogens is 258 g/mol. The maximum Gasteiger partial charge on any atom is 0.131 e. The van der Waals surface area contributed by atoms with E-state index >= 15 is 0 Å². The second kappa shape index (κ2) is 5.24. The fraction of sp³-hybridized carbons (Fsp3) is 0.0667. The highest BCUT2D eigenvalue weighted by Gasteiger charge is 2.01. The molecule has 1 aromatic carbocycles. The number of benzene rings is 1. The third-order valence-electron chi connectivity index (χ3n) is 2.98. The van der Waals surface area contributed by atoms with Crippen LogP contribution in [0.25, 0.3) is 10.8 Å². The number of anilines is 1. The predicted octanol–water partition coefficient (Wildman–Crippen LogP) is 3.90. The molecule has 2 heterocycles. The Bertz CT molecular complexity index is 707. The molecule has 3 nitrogen and oxygen atoms in total. The van der Waals surface area contributed by atoms with Crippen molar-refractivity contribution in [3.05, 3.63) is 65.7 Å². The Morgan fingerprint density at radius 3 is 2.95 bits per heavy atom. The summed E-state index contributed by atoms with van der Waals surface area (Å²) >= 11 is 5.86. The van der Waals surface area contributed by atoms with Crippen molar-refractivity contribution in [2.24, 2.45) is 0 Å². The lowest BCUT2D eigenvalue weighted by Gasteiger charge is -2.09. The van der Waals surface area contributed by atoms with Crippen LogP contribution in [0.3, 0.4) is 0 Å². The summed E-state index contributed by atoms with van der Waals surface area (Å²) in [5.41, 5.74) is 2.19. The van der Waals surface area contributed by atoms with Crippen LogP contribution in [0.1, 0.15) is 5.56 Å². The van der Waals surface area contributed by atoms with Gasteiger partial charge in [0.05, 0.1) is 0 Å². The normalized spacial score (nSPS) is 10.6. The molecule has 0 spiro atoms. The zero-order chi connectivity index (χ0) is 13.1. The average molecular weight is 270 g/mol. The standard InChI is InChI=1S/C15H12ClN3/c16-15-8-13(4-7-18-15)19-10-12-3-1-2-11-9-17-6-5-14(11)12/h1-9H,10H2,(H,18,19). The van der Waals surface area contributed by atoms with E-state index in [1.807, 2.05) is 36.7 Å². The minimum absolute atomic E-state index is 0.493. The number of aromatic nitrogens is 2. The Labute approximate surface area is 116 Å². The predicted molar refractivity (Wildman–Crippen MR) is 78.3 cm³/mol. The molecule has 4 heteroatoms. The Kier molecular flexibility index (Phi) is 3.29. The molecule has 0 unspecified atom stereocenters. The molecule has 19 heavy (non-hydrogen) atoms. The largest absolute Gasteiger partial charge is 0.381 e. The van der Waals surface area contributed by atoms with Gasteiger partial charge in [0.1, 0.15) is 5.15 Å². The smallest absolute Gasteiger partial charge is 0.131 e. The monoisotopic (exact) mass is 269 g/mol. The van der Waals surface area contributed by atoms with E-state index in [-0.39, 0.29) is 0 Å². The van der Waals surface area contributed by atoms with Crippen molar-refractivity contribution in [1.29, 1.82) is 0 Å². The van der Waals surface area contributed by atoms with E-state index in [0.717, 1.165) is 17.6 Å². The van der Waals surface area contributed by atoms with Gasteiger partial charge in [0.15, 0.2) is 0 Å². The quantitative estimate of drug-likeness (QED) is 0.733. The lowest BCUT2D eigenvalue weighted by atomic mass is 10.1. The fourth-order valence-corrected chi connectivity index (χ4v) is 2.23. The molecule has 0 amide bonds. The zero-order valence-electron chi connectivity index (χ0n) is 10.2. The Morgan fingerprint density at radius 2 is 2.05 bits per heavy atom. The molecule has 0 aliphatic carbocycles. The fourth-order valence-electron chi connectivity index (χ4n) is 2.05. The summed E-state index contributed by atoms with van der Waals surface area (Å²) in [5, 5.41) is 6.20. The van der Waals surface area contributed by atoms with Gasteiger partial charge in [-0.2, -0.15) is 0 Å². The van der Waals surface area contributed by atoms with Crippen molar-refractivity contribution in [3.63, 3.8) is 0 Å². The van der Waals surface area contributed by atoms with Gasteiger partial charge in [-0.3, -0.25) is 4.98 Å². The van der Waals surface area contributed by atoms with Crippen molar-refractivity contribution >= 4 is 28.1 Å². The number of halogens is 1. The van der Waals surface area contributed by atoms with Gasteiger partial charge in [0.2, 0.25) is 0 Å². The van der Waals surface area contributed by atoms with Gasteiger partial charge in [-0.15, -0.1) is 0 Å². The van der Waals surface area contributed by atoms with Crippen molar-refractivity contribution in [1.82, 2.24) is 9.97 Å². The maximum atomic E-state index is 5.86. The number of hydrogen-bond acceptors (Lipinski definition) is 3. The number of nitrogens with one attached hydrogen (secondary N) is 1. The van der Waals surface area contributed by atoms with Gasteiger partial charge >= 0.3 is 0 Å². The minimum Gasteiger partial charge on any atom is -0.381 e. The van der Waals surface area contributed by atoms with Crippen molar-refractivity contribution < 1.29 is 0 Å². The van der Waals surface area contributed by atoms with Crippen LogP contribution < -0.4 is 5.32 Å². The van der Waals surface area contributed by atoms with E-state index in [1.165, 1.54) is 10.9 Å². The van der Waals surface area contributed by atoms with Crippen LogP contribution in [-0.2, 0) is 6.54 Å². The van der Waals surface area contributed by atoms with Gasteiger partial charge in [-0.25, -0.2) is 4.98 Å². The summed E-state index contributed by atoms with van der Waals surface area (Å²) in [5.74, 6) is 0. The van der Waals surface area contributed by atoms with Crippen LogP contribution in [-0.4, -0.2) is 9.97 Å². The van der Waals surface area contributed by atoms with Crippen LogP contribution in [0.15, 0.2) is 55.0 Å². The van der Waals surface area contributed by atoms with Gasteiger partial charge in [-0.05, 0) is 29.1 Å². The van der Waals surface area contributed by atoms with Gasteiger partial charge in [0, 0.05) is 36.2 Å². The SMILES string of the molecule is Clc1cc(NCc2cccc3cnccc23)ccn1. The lowest BCUT2D eigenvalue weighted by Crippen LogP contribution is -2.00. The van der Waals surface area contributed by atoms with E-state index < -0.39 is 0 Å². The Morgan fingerprint density at radius 1 is 1.11 bits per heavy atom. The number of nitrogens with zero attached hydrogens (tertiary/aromatic N) is 2. The van der Waals surface area contributed by atoms with E-state index in [9.17, 15) is 0 Å². The average Bonchev–Trinajstić information content (AvgIpc) is 2.45. The first-order valence-corrected chi connectivity index (χ1v) is 6.38. The highest BCUT2D eigenvalue weighted by atomic mass is 35.5. The summed E-state index contributed by atoms with van der Waals surface area (Å²) in [6, 6.07) is 12.0. The first-order chi connectivity index (χ1) is 9.33. The first kappa shape index (κ1) is 11.9. The molecule has 0 fully saturated rings. The molecule has 3 aromatic rings. The molecule has 0 aliphatic heterocycles. The van der Waals surface area contributed by atoms with Crippen molar-refractivity contribution in [2.45, 2.75) is 6.54 Å². The maximum absolute atomic E-state index is 5.86. The van der Waals surface area contributed by atoms with Crippen LogP contribution in [0.2, 0.25) is 5.15 Å². The van der Waals surface area contributed by atoms with E-state index in [1.54, 1.807) is 6.20 Å². The van der Waals surface area contributed by atoms with Crippen LogP contribution in [0, 0.1) is 0 Å². The second-order valence-electron chi connectivity index (χ2n) is 4.23. The minimum atomic E-state index is 0.493. The molecule has 3 rings (SSSR count). The van der Waals surface area contributed by atoms with Crippen molar-refractivity contribution in [2.75, 3.05) is 5.32 Å². The second-order valence-corrected chi connectivity index (χ2v) is 4.62. The topological polar surface area (TPSA) is 37.8 Å². The van der Waals surface area contributed by atoms with E-state index in [4.69, 9.17) is 11.6 Å². The molecule has 2 aromatic heterocycles. The molecule has 0 saturated carbocycles. The van der Waals surface area contributed by atoms with E-state index in [0.29, 0.717) is 5.15 Å². The van der Waals surface area contributed by atoms with Crippen molar-refractivity contribution in [3.8, 4) is 0 Å². The summed E-state index contributed by atoms with van der Waals surface area (Å²) < 4.78 is 0. The number of rotatable bonds is 3. The molecule has 94 valence electrons. The Balaban J connectivity index is 1.86. The molecular formula is C15H12ClN3. The summed E-state index contributed by atoms with van der Waals surface area (Å²) in [6.45, 7) is 0.738. The molecule has 0 bridgehead atoms. The lowest BCUT2D eigenvalue weighted by molar-refractivity contribution is 1.16. The van der Waals surface area contributed by atoms with Crippen LogP contribution >= 0.6 is 11.6 Å². The third-order valence-corrected chi connectivity index (χ3v) is 3.19. The number of pyridine rings is 2. The summed E-state index contributed by atoms with van der Waals surface area (Å²) in [6.07, 6.45) is 5.38. The molecule has 0 saturated heterocycles. The van der Waals surface area contributed by atoms with Gasteiger partial charge in [0.25, 0.3) is 0 Å². The van der Waals surface area contributed by atoms with Crippen LogP contribution in [0.4, 0.5) is 5.69 Å². The molecule has 0 atom stereocenters. The molecule has 0 aliphatic rings. The summed E-state index contributed by atoms with van der Waals surface area (Å²) in [7, 11) is 0. The number of hydrogen-bond donors (Lipinski definition) is 1. The molecule has 1 N–H and O–H groups in total. The molecule has 0 radical (unpaired) electrons. The highest BCUT2D eigenvalue weighted by Crippen LogP contribution is 2.19.